The highest BCUT2D eigenvalue weighted by Gasteiger charge is 2.17. The Morgan fingerprint density at radius 1 is 0.889 bits per heavy atom. The summed E-state index contributed by atoms with van der Waals surface area (Å²) in [6.07, 6.45) is 0. The van der Waals surface area contributed by atoms with Crippen molar-refractivity contribution < 1.29 is 19.6 Å². The summed E-state index contributed by atoms with van der Waals surface area (Å²) in [7, 11) is 0. The molecule has 3 aromatic carbocycles. The summed E-state index contributed by atoms with van der Waals surface area (Å²) >= 11 is 0. The van der Waals surface area contributed by atoms with Crippen LogP contribution in [0.5, 0.6) is 5.75 Å². The Labute approximate surface area is 154 Å². The van der Waals surface area contributed by atoms with Gasteiger partial charge in [0.25, 0.3) is 11.6 Å². The van der Waals surface area contributed by atoms with Crippen molar-refractivity contribution in [2.45, 2.75) is 0 Å². The molecule has 7 nitrogen and oxygen atoms in total. The molecule has 0 fully saturated rings. The van der Waals surface area contributed by atoms with Crippen molar-refractivity contribution in [3.8, 4) is 5.75 Å². The number of carbonyl (C=O) groups excluding carboxylic acids is 2. The SMILES string of the molecule is O=C(c1ccccc1)c1ccc(NC(=O)c2cc([N+](=O)[O-])ccc2O)cc1. The first-order valence-electron chi connectivity index (χ1n) is 7.94. The van der Waals surface area contributed by atoms with Gasteiger partial charge in [0.1, 0.15) is 5.75 Å². The van der Waals surface area contributed by atoms with E-state index < -0.39 is 10.8 Å². The summed E-state index contributed by atoms with van der Waals surface area (Å²) in [6.45, 7) is 0. The molecule has 0 spiro atoms. The van der Waals surface area contributed by atoms with Gasteiger partial charge in [-0.3, -0.25) is 19.7 Å². The Morgan fingerprint density at radius 3 is 2.15 bits per heavy atom. The van der Waals surface area contributed by atoms with E-state index in [0.29, 0.717) is 16.8 Å². The smallest absolute Gasteiger partial charge is 0.270 e. The van der Waals surface area contributed by atoms with Crippen molar-refractivity contribution in [1.29, 1.82) is 0 Å². The summed E-state index contributed by atoms with van der Waals surface area (Å²) in [6, 6.07) is 18.2. The van der Waals surface area contributed by atoms with Crippen LogP contribution in [0, 0.1) is 10.1 Å². The second-order valence-electron chi connectivity index (χ2n) is 5.69. The number of amides is 1. The molecule has 0 radical (unpaired) electrons. The Hall–Kier alpha value is -4.00. The first-order chi connectivity index (χ1) is 13.0. The minimum atomic E-state index is -0.696. The van der Waals surface area contributed by atoms with Crippen LogP contribution in [0.1, 0.15) is 26.3 Å². The molecule has 27 heavy (non-hydrogen) atoms. The molecule has 0 saturated heterocycles. The van der Waals surface area contributed by atoms with Crippen LogP contribution in [0.2, 0.25) is 0 Å². The number of aromatic hydroxyl groups is 1. The van der Waals surface area contributed by atoms with E-state index in [1.54, 1.807) is 48.5 Å². The molecule has 0 aliphatic heterocycles. The van der Waals surface area contributed by atoms with Crippen LogP contribution in [0.15, 0.2) is 72.8 Å². The number of anilines is 1. The molecular weight excluding hydrogens is 348 g/mol. The molecule has 0 heterocycles. The van der Waals surface area contributed by atoms with E-state index in [2.05, 4.69) is 5.32 Å². The predicted molar refractivity (Wildman–Crippen MR) is 99.0 cm³/mol. The normalized spacial score (nSPS) is 10.2. The molecule has 3 aromatic rings. The van der Waals surface area contributed by atoms with Gasteiger partial charge in [0.05, 0.1) is 10.5 Å². The third-order valence-corrected chi connectivity index (χ3v) is 3.88. The van der Waals surface area contributed by atoms with Crippen molar-refractivity contribution in [1.82, 2.24) is 0 Å². The average molecular weight is 362 g/mol. The number of hydrogen-bond acceptors (Lipinski definition) is 5. The molecule has 0 aromatic heterocycles. The van der Waals surface area contributed by atoms with Crippen LogP contribution in [-0.2, 0) is 0 Å². The van der Waals surface area contributed by atoms with E-state index in [-0.39, 0.29) is 22.8 Å². The molecule has 0 atom stereocenters. The number of non-ortho nitro benzene ring substituents is 1. The minimum Gasteiger partial charge on any atom is -0.507 e. The lowest BCUT2D eigenvalue weighted by molar-refractivity contribution is -0.384. The molecule has 0 saturated carbocycles. The van der Waals surface area contributed by atoms with Crippen LogP contribution in [-0.4, -0.2) is 21.7 Å². The van der Waals surface area contributed by atoms with Crippen molar-refractivity contribution in [3.63, 3.8) is 0 Å². The highest BCUT2D eigenvalue weighted by atomic mass is 16.6. The fraction of sp³-hybridized carbons (Fsp3) is 0. The van der Waals surface area contributed by atoms with E-state index in [0.717, 1.165) is 18.2 Å². The van der Waals surface area contributed by atoms with E-state index in [1.807, 2.05) is 6.07 Å². The third kappa shape index (κ3) is 3.98. The van der Waals surface area contributed by atoms with Gasteiger partial charge in [-0.2, -0.15) is 0 Å². The first kappa shape index (κ1) is 17.8. The molecule has 1 amide bonds. The van der Waals surface area contributed by atoms with Gasteiger partial charge < -0.3 is 10.4 Å². The Kier molecular flexibility index (Phi) is 4.94. The molecule has 0 unspecified atom stereocenters. The quantitative estimate of drug-likeness (QED) is 0.408. The van der Waals surface area contributed by atoms with Gasteiger partial charge in [0.2, 0.25) is 0 Å². The van der Waals surface area contributed by atoms with Crippen molar-refractivity contribution in [3.05, 3.63) is 99.6 Å². The molecule has 0 bridgehead atoms. The number of hydrogen-bond donors (Lipinski definition) is 2. The molecule has 3 rings (SSSR count). The molecule has 0 aliphatic rings. The van der Waals surface area contributed by atoms with Crippen LogP contribution in [0.25, 0.3) is 0 Å². The fourth-order valence-corrected chi connectivity index (χ4v) is 2.48. The highest BCUT2D eigenvalue weighted by molar-refractivity contribution is 6.10. The van der Waals surface area contributed by atoms with Gasteiger partial charge in [-0.15, -0.1) is 0 Å². The molecule has 7 heteroatoms. The number of nitro groups is 1. The fourth-order valence-electron chi connectivity index (χ4n) is 2.48. The van der Waals surface area contributed by atoms with Gasteiger partial charge >= 0.3 is 0 Å². The largest absolute Gasteiger partial charge is 0.507 e. The molecule has 134 valence electrons. The number of nitro benzene ring substituents is 1. The Morgan fingerprint density at radius 2 is 1.52 bits per heavy atom. The molecule has 0 aliphatic carbocycles. The van der Waals surface area contributed by atoms with Gasteiger partial charge in [-0.05, 0) is 30.3 Å². The van der Waals surface area contributed by atoms with Crippen LogP contribution >= 0.6 is 0 Å². The summed E-state index contributed by atoms with van der Waals surface area (Å²) in [4.78, 5) is 34.8. The number of phenolic OH excluding ortho intramolecular Hbond substituents is 1. The van der Waals surface area contributed by atoms with E-state index in [9.17, 15) is 24.8 Å². The average Bonchev–Trinajstić information content (AvgIpc) is 2.68. The van der Waals surface area contributed by atoms with Crippen LogP contribution < -0.4 is 5.32 Å². The summed E-state index contributed by atoms with van der Waals surface area (Å²) in [5.74, 6) is -1.21. The topological polar surface area (TPSA) is 110 Å². The number of carbonyl (C=O) groups is 2. The van der Waals surface area contributed by atoms with Crippen LogP contribution in [0.3, 0.4) is 0 Å². The number of ketones is 1. The lowest BCUT2D eigenvalue weighted by atomic mass is 10.0. The number of nitrogens with zero attached hydrogens (tertiary/aromatic N) is 1. The van der Waals surface area contributed by atoms with E-state index in [4.69, 9.17) is 0 Å². The van der Waals surface area contributed by atoms with Crippen molar-refractivity contribution in [2.24, 2.45) is 0 Å². The van der Waals surface area contributed by atoms with Crippen molar-refractivity contribution >= 4 is 23.1 Å². The number of rotatable bonds is 5. The van der Waals surface area contributed by atoms with Crippen molar-refractivity contribution in [2.75, 3.05) is 5.32 Å². The standard InChI is InChI=1S/C20H14N2O5/c23-18-11-10-16(22(26)27)12-17(18)20(25)21-15-8-6-14(7-9-15)19(24)13-4-2-1-3-5-13/h1-12,23H,(H,21,25). The maximum Gasteiger partial charge on any atom is 0.270 e. The zero-order chi connectivity index (χ0) is 19.4. The highest BCUT2D eigenvalue weighted by Crippen LogP contribution is 2.24. The minimum absolute atomic E-state index is 0.148. The summed E-state index contributed by atoms with van der Waals surface area (Å²) in [5, 5.41) is 23.1. The maximum absolute atomic E-state index is 12.4. The second-order valence-corrected chi connectivity index (χ2v) is 5.69. The molecule has 2 N–H and O–H groups in total. The van der Waals surface area contributed by atoms with Gasteiger partial charge in [0.15, 0.2) is 5.78 Å². The first-order valence-corrected chi connectivity index (χ1v) is 7.94. The lowest BCUT2D eigenvalue weighted by Crippen LogP contribution is -2.12. The maximum atomic E-state index is 12.4. The van der Waals surface area contributed by atoms with Crippen LogP contribution in [0.4, 0.5) is 11.4 Å². The summed E-state index contributed by atoms with van der Waals surface area (Å²) in [5.41, 5.74) is 0.874. The van der Waals surface area contributed by atoms with Gasteiger partial charge in [-0.25, -0.2) is 0 Å². The molecular formula is C20H14N2O5. The second kappa shape index (κ2) is 7.49. The zero-order valence-corrected chi connectivity index (χ0v) is 14.0. The summed E-state index contributed by atoms with van der Waals surface area (Å²) < 4.78 is 0. The van der Waals surface area contributed by atoms with E-state index >= 15 is 0 Å². The monoisotopic (exact) mass is 362 g/mol. The predicted octanol–water partition coefficient (Wildman–Crippen LogP) is 3.78. The Balaban J connectivity index is 1.77. The van der Waals surface area contributed by atoms with E-state index in [1.165, 1.54) is 0 Å². The van der Waals surface area contributed by atoms with Gasteiger partial charge in [-0.1, -0.05) is 30.3 Å². The number of nitrogens with one attached hydrogen (secondary N) is 1. The zero-order valence-electron chi connectivity index (χ0n) is 14.0. The third-order valence-electron chi connectivity index (χ3n) is 3.88. The number of phenols is 1. The van der Waals surface area contributed by atoms with Gasteiger partial charge in [0, 0.05) is 28.9 Å². The lowest BCUT2D eigenvalue weighted by Gasteiger charge is -2.08. The number of benzene rings is 3. The Bertz CT molecular complexity index is 1010.